The van der Waals surface area contributed by atoms with Crippen molar-refractivity contribution in [2.45, 2.75) is 44.4 Å². The summed E-state index contributed by atoms with van der Waals surface area (Å²) in [5.41, 5.74) is -1.02. The SMILES string of the molecule is C#CC(OP1N(C)[C@H](c2cccc(C(F)(F)F)c2)[C@@H](c2cccc(C(F)(F)F)c2)N1C)C(C)C. The fourth-order valence-electron chi connectivity index (χ4n) is 4.03. The number of benzene rings is 2. The summed E-state index contributed by atoms with van der Waals surface area (Å²) in [6.45, 7) is 3.76. The van der Waals surface area contributed by atoms with Crippen LogP contribution < -0.4 is 0 Å². The van der Waals surface area contributed by atoms with Gasteiger partial charge in [0.15, 0.2) is 8.45 Å². The maximum absolute atomic E-state index is 13.4. The van der Waals surface area contributed by atoms with Crippen LogP contribution in [0.4, 0.5) is 26.3 Å². The lowest BCUT2D eigenvalue weighted by Gasteiger charge is -2.29. The van der Waals surface area contributed by atoms with Crippen molar-refractivity contribution in [1.29, 1.82) is 0 Å². The lowest BCUT2D eigenvalue weighted by molar-refractivity contribution is -0.138. The molecule has 0 N–H and O–H groups in total. The fraction of sp³-hybridized carbons (Fsp3) is 0.417. The maximum Gasteiger partial charge on any atom is 0.416 e. The standard InChI is InChI=1S/C24H25F6N2OP/c1-6-20(15(2)3)33-34-31(4)21(16-9-7-11-18(13-16)23(25,26)27)22(32(34)5)17-10-8-12-19(14-17)24(28,29)30/h1,7-15,20-22H,2-5H3/t20?,21-,22-/m1/s1. The first-order valence-electron chi connectivity index (χ1n) is 10.5. The van der Waals surface area contributed by atoms with E-state index in [0.717, 1.165) is 24.3 Å². The van der Waals surface area contributed by atoms with Crippen molar-refractivity contribution in [3.8, 4) is 12.3 Å². The van der Waals surface area contributed by atoms with Crippen molar-refractivity contribution in [2.24, 2.45) is 5.92 Å². The average Bonchev–Trinajstić information content (AvgIpc) is 3.00. The molecule has 3 rings (SSSR count). The molecule has 0 aromatic heterocycles. The van der Waals surface area contributed by atoms with Crippen LogP contribution in [0.3, 0.4) is 0 Å². The second kappa shape index (κ2) is 9.87. The van der Waals surface area contributed by atoms with Crippen molar-refractivity contribution in [3.05, 3.63) is 70.8 Å². The molecule has 0 amide bonds. The number of nitrogens with zero attached hydrogens (tertiary/aromatic N) is 2. The third-order valence-corrected chi connectivity index (χ3v) is 7.73. The van der Waals surface area contributed by atoms with Gasteiger partial charge in [0.05, 0.1) is 23.2 Å². The highest BCUT2D eigenvalue weighted by atomic mass is 31.2. The van der Waals surface area contributed by atoms with Gasteiger partial charge in [-0.3, -0.25) is 0 Å². The molecule has 34 heavy (non-hydrogen) atoms. The molecule has 0 aliphatic carbocycles. The molecule has 3 atom stereocenters. The molecule has 1 saturated heterocycles. The Morgan fingerprint density at radius 2 is 1.26 bits per heavy atom. The molecule has 1 heterocycles. The third-order valence-electron chi connectivity index (χ3n) is 5.73. The molecule has 1 aliphatic rings. The molecule has 1 unspecified atom stereocenters. The molecule has 2 aromatic carbocycles. The van der Waals surface area contributed by atoms with Crippen molar-refractivity contribution in [2.75, 3.05) is 14.1 Å². The van der Waals surface area contributed by atoms with E-state index < -0.39 is 50.1 Å². The Morgan fingerprint density at radius 3 is 1.59 bits per heavy atom. The van der Waals surface area contributed by atoms with Crippen LogP contribution in [0.2, 0.25) is 0 Å². The zero-order chi connectivity index (χ0) is 25.4. The lowest BCUT2D eigenvalue weighted by atomic mass is 9.91. The molecule has 2 aromatic rings. The van der Waals surface area contributed by atoms with Crippen LogP contribution in [-0.4, -0.2) is 29.5 Å². The van der Waals surface area contributed by atoms with Gasteiger partial charge in [0.25, 0.3) is 0 Å². The summed E-state index contributed by atoms with van der Waals surface area (Å²) in [4.78, 5) is 0. The zero-order valence-corrected chi connectivity index (χ0v) is 19.9. The predicted molar refractivity (Wildman–Crippen MR) is 119 cm³/mol. The molecule has 1 fully saturated rings. The van der Waals surface area contributed by atoms with E-state index in [2.05, 4.69) is 5.92 Å². The summed E-state index contributed by atoms with van der Waals surface area (Å²) in [6, 6.07) is 8.30. The van der Waals surface area contributed by atoms with Gasteiger partial charge in [-0.2, -0.15) is 26.3 Å². The Balaban J connectivity index is 2.13. The monoisotopic (exact) mass is 502 g/mol. The van der Waals surface area contributed by atoms with Gasteiger partial charge in [-0.25, -0.2) is 9.34 Å². The number of hydrogen-bond donors (Lipinski definition) is 0. The van der Waals surface area contributed by atoms with Crippen molar-refractivity contribution in [1.82, 2.24) is 9.34 Å². The summed E-state index contributed by atoms with van der Waals surface area (Å²) in [5, 5.41) is 0. The molecule has 3 nitrogen and oxygen atoms in total. The molecule has 0 spiro atoms. The maximum atomic E-state index is 13.4. The third kappa shape index (κ3) is 5.41. The summed E-state index contributed by atoms with van der Waals surface area (Å²) in [7, 11) is 1.79. The van der Waals surface area contributed by atoms with Crippen LogP contribution in [0, 0.1) is 18.3 Å². The summed E-state index contributed by atoms with van der Waals surface area (Å²) in [6.07, 6.45) is -4.07. The van der Waals surface area contributed by atoms with E-state index in [1.807, 2.05) is 13.8 Å². The number of rotatable bonds is 5. The quantitative estimate of drug-likeness (QED) is 0.243. The normalized spacial score (nSPS) is 21.7. The molecule has 0 radical (unpaired) electrons. The van der Waals surface area contributed by atoms with Gasteiger partial charge in [0.1, 0.15) is 6.10 Å². The first kappa shape index (κ1) is 26.5. The highest BCUT2D eigenvalue weighted by molar-refractivity contribution is 7.47. The van der Waals surface area contributed by atoms with Crippen LogP contribution in [0.25, 0.3) is 0 Å². The molecular formula is C24H25F6N2OP. The number of alkyl halides is 6. The van der Waals surface area contributed by atoms with Gasteiger partial charge < -0.3 is 4.52 Å². The number of likely N-dealkylation sites (N-methyl/N-ethyl adjacent to an activating group) is 2. The van der Waals surface area contributed by atoms with Gasteiger partial charge in [-0.15, -0.1) is 6.42 Å². The topological polar surface area (TPSA) is 15.7 Å². The van der Waals surface area contributed by atoms with E-state index in [4.69, 9.17) is 10.9 Å². The molecule has 0 bridgehead atoms. The fourth-order valence-corrected chi connectivity index (χ4v) is 6.23. The number of terminal acetylenes is 1. The molecule has 10 heteroatoms. The van der Waals surface area contributed by atoms with E-state index in [9.17, 15) is 26.3 Å². The van der Waals surface area contributed by atoms with E-state index in [-0.39, 0.29) is 5.92 Å². The Hall–Kier alpha value is -2.11. The number of halogens is 6. The second-order valence-corrected chi connectivity index (χ2v) is 10.5. The Kier molecular flexibility index (Phi) is 7.69. The van der Waals surface area contributed by atoms with Gasteiger partial charge in [0, 0.05) is 0 Å². The molecule has 0 saturated carbocycles. The highest BCUT2D eigenvalue weighted by Crippen LogP contribution is 2.63. The summed E-state index contributed by atoms with van der Waals surface area (Å²) < 4.78 is 90.3. The van der Waals surface area contributed by atoms with E-state index in [1.54, 1.807) is 35.6 Å². The predicted octanol–water partition coefficient (Wildman–Crippen LogP) is 7.29. The van der Waals surface area contributed by atoms with Crippen LogP contribution >= 0.6 is 8.45 Å². The van der Waals surface area contributed by atoms with Crippen LogP contribution in [0.1, 0.15) is 48.2 Å². The Bertz CT molecular complexity index is 979. The zero-order valence-electron chi connectivity index (χ0n) is 19.0. The van der Waals surface area contributed by atoms with Crippen LogP contribution in [-0.2, 0) is 16.9 Å². The lowest BCUT2D eigenvalue weighted by Crippen LogP contribution is -2.22. The number of hydrogen-bond acceptors (Lipinski definition) is 3. The van der Waals surface area contributed by atoms with E-state index >= 15 is 0 Å². The minimum Gasteiger partial charge on any atom is -0.315 e. The van der Waals surface area contributed by atoms with Crippen LogP contribution in [0.15, 0.2) is 48.5 Å². The summed E-state index contributed by atoms with van der Waals surface area (Å²) in [5.74, 6) is 2.55. The minimum atomic E-state index is -4.56. The van der Waals surface area contributed by atoms with Crippen molar-refractivity contribution in [3.63, 3.8) is 0 Å². The molecular weight excluding hydrogens is 477 g/mol. The van der Waals surface area contributed by atoms with Gasteiger partial charge in [0.2, 0.25) is 0 Å². The van der Waals surface area contributed by atoms with Crippen LogP contribution in [0.5, 0.6) is 0 Å². The van der Waals surface area contributed by atoms with Gasteiger partial charge in [-0.05, 0) is 55.4 Å². The summed E-state index contributed by atoms with van der Waals surface area (Å²) >= 11 is 0. The van der Waals surface area contributed by atoms with E-state index in [1.165, 1.54) is 12.1 Å². The average molecular weight is 502 g/mol. The van der Waals surface area contributed by atoms with Crippen molar-refractivity contribution < 1.29 is 30.9 Å². The second-order valence-electron chi connectivity index (χ2n) is 8.47. The Labute approximate surface area is 196 Å². The van der Waals surface area contributed by atoms with Gasteiger partial charge in [-0.1, -0.05) is 44.0 Å². The highest BCUT2D eigenvalue weighted by Gasteiger charge is 2.48. The first-order valence-corrected chi connectivity index (χ1v) is 11.6. The molecule has 184 valence electrons. The van der Waals surface area contributed by atoms with E-state index in [0.29, 0.717) is 11.1 Å². The minimum absolute atomic E-state index is 0.0334. The van der Waals surface area contributed by atoms with Crippen molar-refractivity contribution >= 4 is 8.45 Å². The first-order chi connectivity index (χ1) is 15.8. The largest absolute Gasteiger partial charge is 0.416 e. The van der Waals surface area contributed by atoms with Gasteiger partial charge >= 0.3 is 12.4 Å². The molecule has 1 aliphatic heterocycles. The smallest absolute Gasteiger partial charge is 0.315 e. The Morgan fingerprint density at radius 1 is 0.853 bits per heavy atom.